The molecule has 0 bridgehead atoms. The number of hydrogen-bond donors (Lipinski definition) is 2. The van der Waals surface area contributed by atoms with Crippen molar-refractivity contribution in [2.24, 2.45) is 11.8 Å². The molecule has 0 aliphatic carbocycles. The molecule has 1 fully saturated rings. The van der Waals surface area contributed by atoms with Crippen molar-refractivity contribution < 1.29 is 14.7 Å². The number of hydrogen-bond acceptors (Lipinski definition) is 3. The fourth-order valence-corrected chi connectivity index (χ4v) is 2.31. The maximum absolute atomic E-state index is 11.9. The Morgan fingerprint density at radius 2 is 1.88 bits per heavy atom. The number of carbonyl (C=O) groups is 2. The highest BCUT2D eigenvalue weighted by Crippen LogP contribution is 2.20. The van der Waals surface area contributed by atoms with Gasteiger partial charge in [0.05, 0.1) is 6.54 Å². The number of carboxylic acids is 1. The van der Waals surface area contributed by atoms with E-state index in [2.05, 4.69) is 19.2 Å². The Bertz CT molecular complexity index is 283. The lowest BCUT2D eigenvalue weighted by Gasteiger charge is -2.35. The zero-order valence-corrected chi connectivity index (χ0v) is 10.8. The third-order valence-corrected chi connectivity index (χ3v) is 3.15. The first-order valence-electron chi connectivity index (χ1n) is 6.14. The number of carboxylic acid groups (broad SMARTS) is 1. The van der Waals surface area contributed by atoms with Gasteiger partial charge in [0.2, 0.25) is 5.91 Å². The van der Waals surface area contributed by atoms with Gasteiger partial charge in [0.15, 0.2) is 0 Å². The van der Waals surface area contributed by atoms with Crippen LogP contribution in [0.4, 0.5) is 0 Å². The summed E-state index contributed by atoms with van der Waals surface area (Å²) in [5.74, 6) is 0.119. The van der Waals surface area contributed by atoms with Gasteiger partial charge in [-0.15, -0.1) is 0 Å². The quantitative estimate of drug-likeness (QED) is 0.755. The van der Waals surface area contributed by atoms with Gasteiger partial charge in [-0.25, -0.2) is 0 Å². The highest BCUT2D eigenvalue weighted by molar-refractivity contribution is 5.80. The molecule has 1 saturated heterocycles. The molecule has 5 nitrogen and oxygen atoms in total. The van der Waals surface area contributed by atoms with Crippen LogP contribution in [-0.2, 0) is 9.59 Å². The summed E-state index contributed by atoms with van der Waals surface area (Å²) < 4.78 is 0. The molecule has 0 aromatic carbocycles. The summed E-state index contributed by atoms with van der Waals surface area (Å²) in [5.41, 5.74) is 0. The Kier molecular flexibility index (Phi) is 4.93. The van der Waals surface area contributed by atoms with E-state index >= 15 is 0 Å². The Hall–Kier alpha value is -1.10. The van der Waals surface area contributed by atoms with Crippen LogP contribution in [-0.4, -0.2) is 47.6 Å². The highest BCUT2D eigenvalue weighted by atomic mass is 16.4. The number of piperidine rings is 1. The van der Waals surface area contributed by atoms with Gasteiger partial charge in [-0.1, -0.05) is 13.8 Å². The van der Waals surface area contributed by atoms with Crippen LogP contribution in [0.1, 0.15) is 27.2 Å². The second kappa shape index (κ2) is 6.00. The molecule has 1 amide bonds. The topological polar surface area (TPSA) is 69.6 Å². The maximum Gasteiger partial charge on any atom is 0.320 e. The number of nitrogens with one attached hydrogen (secondary N) is 1. The van der Waals surface area contributed by atoms with E-state index in [9.17, 15) is 9.59 Å². The van der Waals surface area contributed by atoms with E-state index in [1.54, 1.807) is 0 Å². The summed E-state index contributed by atoms with van der Waals surface area (Å²) >= 11 is 0. The molecule has 1 aliphatic heterocycles. The van der Waals surface area contributed by atoms with Crippen molar-refractivity contribution >= 4 is 11.9 Å². The second-order valence-electron chi connectivity index (χ2n) is 5.19. The van der Waals surface area contributed by atoms with Crippen LogP contribution in [0.2, 0.25) is 0 Å². The first-order valence-corrected chi connectivity index (χ1v) is 6.14. The van der Waals surface area contributed by atoms with E-state index in [0.717, 1.165) is 19.5 Å². The van der Waals surface area contributed by atoms with Crippen LogP contribution in [0.5, 0.6) is 0 Å². The number of likely N-dealkylation sites (tertiary alicyclic amines) is 1. The van der Waals surface area contributed by atoms with E-state index < -0.39 is 12.0 Å². The molecular weight excluding hydrogens is 220 g/mol. The van der Waals surface area contributed by atoms with E-state index in [1.165, 1.54) is 6.92 Å². The van der Waals surface area contributed by atoms with E-state index in [-0.39, 0.29) is 12.5 Å². The third-order valence-electron chi connectivity index (χ3n) is 3.15. The molecule has 17 heavy (non-hydrogen) atoms. The van der Waals surface area contributed by atoms with Crippen molar-refractivity contribution in [1.29, 1.82) is 0 Å². The lowest BCUT2D eigenvalue weighted by Crippen LogP contribution is -2.48. The summed E-state index contributed by atoms with van der Waals surface area (Å²) in [6, 6.07) is -0.682. The molecule has 0 aromatic heterocycles. The van der Waals surface area contributed by atoms with Crippen LogP contribution in [0.15, 0.2) is 0 Å². The zero-order chi connectivity index (χ0) is 13.0. The minimum atomic E-state index is -0.932. The van der Waals surface area contributed by atoms with Gasteiger partial charge in [-0.05, 0) is 25.2 Å². The normalized spacial score (nSPS) is 26.6. The van der Waals surface area contributed by atoms with Crippen LogP contribution in [0.25, 0.3) is 0 Å². The summed E-state index contributed by atoms with van der Waals surface area (Å²) in [5, 5.41) is 11.4. The van der Waals surface area contributed by atoms with Gasteiger partial charge in [0, 0.05) is 13.1 Å². The zero-order valence-electron chi connectivity index (χ0n) is 10.8. The van der Waals surface area contributed by atoms with Crippen molar-refractivity contribution in [2.75, 3.05) is 19.6 Å². The number of nitrogens with zero attached hydrogens (tertiary/aromatic N) is 1. The molecular formula is C12H22N2O3. The molecule has 0 radical (unpaired) electrons. The van der Waals surface area contributed by atoms with Gasteiger partial charge in [0.1, 0.15) is 6.04 Å². The number of amides is 1. The van der Waals surface area contributed by atoms with Crippen LogP contribution < -0.4 is 5.32 Å². The van der Waals surface area contributed by atoms with E-state index in [4.69, 9.17) is 5.11 Å². The molecule has 0 spiro atoms. The Morgan fingerprint density at radius 3 is 2.35 bits per heavy atom. The van der Waals surface area contributed by atoms with E-state index in [1.807, 2.05) is 4.90 Å². The minimum Gasteiger partial charge on any atom is -0.480 e. The predicted octanol–water partition coefficient (Wildman–Crippen LogP) is 0.554. The molecule has 0 saturated carbocycles. The fraction of sp³-hybridized carbons (Fsp3) is 0.833. The SMILES string of the molecule is CC1CC(C)CN(C(=O)CNC(C)C(=O)O)C1. The van der Waals surface area contributed by atoms with E-state index in [0.29, 0.717) is 11.8 Å². The molecule has 5 heteroatoms. The van der Waals surface area contributed by atoms with Gasteiger partial charge in [-0.2, -0.15) is 0 Å². The number of rotatable bonds is 4. The average Bonchev–Trinajstić information content (AvgIpc) is 2.23. The maximum atomic E-state index is 11.9. The summed E-state index contributed by atoms with van der Waals surface area (Å²) in [4.78, 5) is 24.3. The standard InChI is InChI=1S/C12H22N2O3/c1-8-4-9(2)7-14(6-8)11(15)5-13-10(3)12(16)17/h8-10,13H,4-7H2,1-3H3,(H,16,17). The molecule has 1 aliphatic rings. The minimum absolute atomic E-state index is 0.00324. The smallest absolute Gasteiger partial charge is 0.320 e. The largest absolute Gasteiger partial charge is 0.480 e. The molecule has 1 heterocycles. The van der Waals surface area contributed by atoms with Crippen molar-refractivity contribution in [3.63, 3.8) is 0 Å². The molecule has 2 N–H and O–H groups in total. The first-order chi connectivity index (χ1) is 7.90. The highest BCUT2D eigenvalue weighted by Gasteiger charge is 2.25. The van der Waals surface area contributed by atoms with Crippen LogP contribution in [0.3, 0.4) is 0 Å². The van der Waals surface area contributed by atoms with Crippen molar-refractivity contribution in [3.8, 4) is 0 Å². The van der Waals surface area contributed by atoms with Crippen LogP contribution >= 0.6 is 0 Å². The van der Waals surface area contributed by atoms with Gasteiger partial charge in [0.25, 0.3) is 0 Å². The molecule has 0 aromatic rings. The van der Waals surface area contributed by atoms with Gasteiger partial charge in [-0.3, -0.25) is 14.9 Å². The van der Waals surface area contributed by atoms with Crippen molar-refractivity contribution in [1.82, 2.24) is 10.2 Å². The fourth-order valence-electron chi connectivity index (χ4n) is 2.31. The molecule has 1 rings (SSSR count). The number of carbonyl (C=O) groups excluding carboxylic acids is 1. The summed E-state index contributed by atoms with van der Waals surface area (Å²) in [6.07, 6.45) is 1.16. The lowest BCUT2D eigenvalue weighted by molar-refractivity contribution is -0.139. The Balaban J connectivity index is 2.39. The van der Waals surface area contributed by atoms with Crippen molar-refractivity contribution in [3.05, 3.63) is 0 Å². The summed E-state index contributed by atoms with van der Waals surface area (Å²) in [6.45, 7) is 7.50. The Morgan fingerprint density at radius 1 is 1.35 bits per heavy atom. The second-order valence-corrected chi connectivity index (χ2v) is 5.19. The lowest BCUT2D eigenvalue weighted by atomic mass is 9.92. The predicted molar refractivity (Wildman–Crippen MR) is 64.6 cm³/mol. The van der Waals surface area contributed by atoms with Crippen LogP contribution in [0, 0.1) is 11.8 Å². The average molecular weight is 242 g/mol. The van der Waals surface area contributed by atoms with Crippen molar-refractivity contribution in [2.45, 2.75) is 33.2 Å². The third kappa shape index (κ3) is 4.34. The van der Waals surface area contributed by atoms with Gasteiger partial charge < -0.3 is 10.0 Å². The molecule has 3 atom stereocenters. The molecule has 98 valence electrons. The monoisotopic (exact) mass is 242 g/mol. The van der Waals surface area contributed by atoms with Gasteiger partial charge >= 0.3 is 5.97 Å². The molecule has 3 unspecified atom stereocenters. The Labute approximate surface area is 102 Å². The number of aliphatic carboxylic acids is 1. The first kappa shape index (κ1) is 14.0. The summed E-state index contributed by atoms with van der Waals surface area (Å²) in [7, 11) is 0.